The molecule has 0 aliphatic rings. The molecule has 0 aliphatic carbocycles. The van der Waals surface area contributed by atoms with Crippen molar-refractivity contribution in [3.8, 4) is 0 Å². The van der Waals surface area contributed by atoms with Gasteiger partial charge in [-0.3, -0.25) is 0 Å². The van der Waals surface area contributed by atoms with E-state index in [1.165, 1.54) is 10.5 Å². The van der Waals surface area contributed by atoms with Crippen molar-refractivity contribution in [2.75, 3.05) is 0 Å². The lowest BCUT2D eigenvalue weighted by Crippen LogP contribution is -1.85. The van der Waals surface area contributed by atoms with Crippen molar-refractivity contribution in [2.45, 2.75) is 22.9 Å². The predicted molar refractivity (Wildman–Crippen MR) is 64.4 cm³/mol. The first kappa shape index (κ1) is 10.9. The van der Waals surface area contributed by atoms with Crippen molar-refractivity contribution in [2.24, 2.45) is 0 Å². The van der Waals surface area contributed by atoms with Gasteiger partial charge in [-0.05, 0) is 26.0 Å². The van der Waals surface area contributed by atoms with Crippen LogP contribution in [0.3, 0.4) is 0 Å². The van der Waals surface area contributed by atoms with Gasteiger partial charge in [-0.25, -0.2) is 0 Å². The van der Waals surface area contributed by atoms with Gasteiger partial charge in [0.15, 0.2) is 0 Å². The van der Waals surface area contributed by atoms with Crippen molar-refractivity contribution < 1.29 is 0 Å². The molecule has 70 valence electrons. The topological polar surface area (TPSA) is 0 Å². The summed E-state index contributed by atoms with van der Waals surface area (Å²) in [6.07, 6.45) is 2.21. The van der Waals surface area contributed by atoms with Crippen molar-refractivity contribution in [1.29, 1.82) is 0 Å². The van der Waals surface area contributed by atoms with E-state index in [2.05, 4.69) is 60.1 Å². The van der Waals surface area contributed by atoms with Crippen LogP contribution in [-0.2, 0) is 0 Å². The lowest BCUT2D eigenvalue weighted by atomic mass is 10.3. The summed E-state index contributed by atoms with van der Waals surface area (Å²) < 4.78 is 0.375. The standard InChI is InChI=1S/C11H13BrS/c1-9(2)8-11(12)13-10-6-4-3-5-7-10/h3-8,11H,1-2H3. The van der Waals surface area contributed by atoms with E-state index in [9.17, 15) is 0 Å². The molecule has 1 unspecified atom stereocenters. The van der Waals surface area contributed by atoms with Gasteiger partial charge >= 0.3 is 0 Å². The number of allylic oxidation sites excluding steroid dienone is 1. The van der Waals surface area contributed by atoms with Gasteiger partial charge < -0.3 is 0 Å². The van der Waals surface area contributed by atoms with E-state index in [4.69, 9.17) is 0 Å². The van der Waals surface area contributed by atoms with Crippen LogP contribution in [0.1, 0.15) is 13.8 Å². The Morgan fingerprint density at radius 3 is 2.46 bits per heavy atom. The summed E-state index contributed by atoms with van der Waals surface area (Å²) in [4.78, 5) is 1.29. The summed E-state index contributed by atoms with van der Waals surface area (Å²) in [5.41, 5.74) is 1.34. The molecular weight excluding hydrogens is 244 g/mol. The summed E-state index contributed by atoms with van der Waals surface area (Å²) in [5.74, 6) is 0. The van der Waals surface area contributed by atoms with Gasteiger partial charge in [0.1, 0.15) is 0 Å². The average molecular weight is 257 g/mol. The highest BCUT2D eigenvalue weighted by molar-refractivity contribution is 9.11. The largest absolute Gasteiger partial charge is 0.107 e. The molecule has 1 rings (SSSR count). The van der Waals surface area contributed by atoms with Crippen LogP contribution < -0.4 is 0 Å². The van der Waals surface area contributed by atoms with Crippen LogP contribution in [0.25, 0.3) is 0 Å². The molecule has 1 aromatic carbocycles. The molecule has 0 radical (unpaired) electrons. The minimum absolute atomic E-state index is 0.375. The number of hydrogen-bond acceptors (Lipinski definition) is 1. The summed E-state index contributed by atoms with van der Waals surface area (Å²) >= 11 is 5.41. The number of benzene rings is 1. The first-order chi connectivity index (χ1) is 6.18. The Kier molecular flexibility index (Phi) is 4.60. The van der Waals surface area contributed by atoms with Gasteiger partial charge in [0, 0.05) is 4.90 Å². The van der Waals surface area contributed by atoms with Gasteiger partial charge in [-0.2, -0.15) is 0 Å². The van der Waals surface area contributed by atoms with Crippen molar-refractivity contribution >= 4 is 27.7 Å². The van der Waals surface area contributed by atoms with Crippen LogP contribution in [0.15, 0.2) is 46.9 Å². The zero-order valence-electron chi connectivity index (χ0n) is 7.83. The van der Waals surface area contributed by atoms with Gasteiger partial charge in [-0.1, -0.05) is 45.8 Å². The molecule has 2 heteroatoms. The Bertz CT molecular complexity index is 275. The van der Waals surface area contributed by atoms with E-state index in [-0.39, 0.29) is 0 Å². The maximum atomic E-state index is 3.60. The Labute approximate surface area is 92.6 Å². The fraction of sp³-hybridized carbons (Fsp3) is 0.273. The fourth-order valence-electron chi connectivity index (χ4n) is 0.925. The second-order valence-electron chi connectivity index (χ2n) is 3.03. The molecule has 0 heterocycles. The van der Waals surface area contributed by atoms with E-state index >= 15 is 0 Å². The predicted octanol–water partition coefficient (Wildman–Crippen LogP) is 4.47. The highest BCUT2D eigenvalue weighted by Gasteiger charge is 2.01. The highest BCUT2D eigenvalue weighted by atomic mass is 79.9. The summed E-state index contributed by atoms with van der Waals surface area (Å²) in [7, 11) is 0. The average Bonchev–Trinajstić information content (AvgIpc) is 2.04. The zero-order chi connectivity index (χ0) is 9.68. The monoisotopic (exact) mass is 256 g/mol. The minimum atomic E-state index is 0.375. The van der Waals surface area contributed by atoms with Crippen LogP contribution in [0.4, 0.5) is 0 Å². The van der Waals surface area contributed by atoms with Crippen LogP contribution in [0, 0.1) is 0 Å². The lowest BCUT2D eigenvalue weighted by Gasteiger charge is -2.04. The molecule has 0 nitrogen and oxygen atoms in total. The van der Waals surface area contributed by atoms with Gasteiger partial charge in [0.25, 0.3) is 0 Å². The van der Waals surface area contributed by atoms with E-state index in [0.717, 1.165) is 0 Å². The molecular formula is C11H13BrS. The van der Waals surface area contributed by atoms with Crippen LogP contribution in [-0.4, -0.2) is 4.16 Å². The van der Waals surface area contributed by atoms with Gasteiger partial charge in [-0.15, -0.1) is 11.8 Å². The van der Waals surface area contributed by atoms with Gasteiger partial charge in [0.05, 0.1) is 4.16 Å². The summed E-state index contributed by atoms with van der Waals surface area (Å²) in [6, 6.07) is 10.4. The van der Waals surface area contributed by atoms with Crippen LogP contribution in [0.2, 0.25) is 0 Å². The summed E-state index contributed by atoms with van der Waals surface area (Å²) in [6.45, 7) is 4.22. The van der Waals surface area contributed by atoms with E-state index in [1.807, 2.05) is 17.8 Å². The first-order valence-electron chi connectivity index (χ1n) is 4.19. The molecule has 13 heavy (non-hydrogen) atoms. The zero-order valence-corrected chi connectivity index (χ0v) is 10.2. The second-order valence-corrected chi connectivity index (χ2v) is 5.83. The first-order valence-corrected chi connectivity index (χ1v) is 5.99. The second kappa shape index (κ2) is 5.51. The van der Waals surface area contributed by atoms with E-state index in [1.54, 1.807) is 0 Å². The molecule has 0 N–H and O–H groups in total. The maximum Gasteiger partial charge on any atom is 0.0829 e. The summed E-state index contributed by atoms with van der Waals surface area (Å²) in [5, 5.41) is 0. The SMILES string of the molecule is CC(C)=CC(Br)Sc1ccccc1. The molecule has 0 amide bonds. The number of alkyl halides is 1. The molecule has 0 spiro atoms. The van der Waals surface area contributed by atoms with Crippen molar-refractivity contribution in [1.82, 2.24) is 0 Å². The third kappa shape index (κ3) is 4.53. The smallest absolute Gasteiger partial charge is 0.0829 e. The van der Waals surface area contributed by atoms with Crippen LogP contribution in [0.5, 0.6) is 0 Å². The molecule has 0 saturated carbocycles. The Balaban J connectivity index is 2.55. The Morgan fingerprint density at radius 1 is 1.31 bits per heavy atom. The Hall–Kier alpha value is -0.210. The molecule has 0 aromatic heterocycles. The normalized spacial score (nSPS) is 12.2. The van der Waals surface area contributed by atoms with E-state index in [0.29, 0.717) is 4.16 Å². The fourth-order valence-corrected chi connectivity index (χ4v) is 3.02. The lowest BCUT2D eigenvalue weighted by molar-refractivity contribution is 1.35. The minimum Gasteiger partial charge on any atom is -0.107 e. The quantitative estimate of drug-likeness (QED) is 0.437. The molecule has 0 saturated heterocycles. The number of rotatable bonds is 3. The molecule has 1 atom stereocenters. The highest BCUT2D eigenvalue weighted by Crippen LogP contribution is 2.28. The molecule has 0 bridgehead atoms. The maximum absolute atomic E-state index is 3.60. The van der Waals surface area contributed by atoms with Crippen molar-refractivity contribution in [3.05, 3.63) is 42.0 Å². The van der Waals surface area contributed by atoms with Gasteiger partial charge in [0.2, 0.25) is 0 Å². The van der Waals surface area contributed by atoms with Crippen LogP contribution >= 0.6 is 27.7 Å². The number of thioether (sulfide) groups is 1. The number of halogens is 1. The Morgan fingerprint density at radius 2 is 1.92 bits per heavy atom. The molecule has 0 aliphatic heterocycles. The molecule has 1 aromatic rings. The third-order valence-corrected chi connectivity index (χ3v) is 3.19. The van der Waals surface area contributed by atoms with Crippen molar-refractivity contribution in [3.63, 3.8) is 0 Å². The molecule has 0 fully saturated rings. The third-order valence-electron chi connectivity index (χ3n) is 1.46. The van der Waals surface area contributed by atoms with E-state index < -0.39 is 0 Å². The number of hydrogen-bond donors (Lipinski definition) is 0.